The first-order valence-electron chi connectivity index (χ1n) is 9.02. The van der Waals surface area contributed by atoms with E-state index in [4.69, 9.17) is 4.74 Å². The molecule has 1 amide bonds. The van der Waals surface area contributed by atoms with Crippen LogP contribution in [0.4, 0.5) is 0 Å². The van der Waals surface area contributed by atoms with Gasteiger partial charge in [-0.05, 0) is 36.1 Å². The third-order valence-corrected chi connectivity index (χ3v) is 4.57. The average molecular weight is 375 g/mol. The highest BCUT2D eigenvalue weighted by Gasteiger charge is 2.20. The third kappa shape index (κ3) is 6.13. The zero-order chi connectivity index (χ0) is 17.3. The molecular weight excluding hydrogens is 348 g/mol. The molecular formula is C21H27ClN2O2. The minimum atomic E-state index is -0.0461. The van der Waals surface area contributed by atoms with Gasteiger partial charge >= 0.3 is 0 Å². The molecule has 0 spiro atoms. The van der Waals surface area contributed by atoms with Crippen molar-refractivity contribution in [3.8, 4) is 0 Å². The van der Waals surface area contributed by atoms with Gasteiger partial charge in [0.25, 0.3) is 0 Å². The minimum Gasteiger partial charge on any atom is -0.372 e. The number of hydrogen-bond donors (Lipinski definition) is 2. The maximum Gasteiger partial charge on any atom is 0.237 e. The van der Waals surface area contributed by atoms with E-state index in [1.54, 1.807) is 0 Å². The van der Waals surface area contributed by atoms with Crippen LogP contribution in [0.5, 0.6) is 0 Å². The van der Waals surface area contributed by atoms with E-state index in [2.05, 4.69) is 34.9 Å². The van der Waals surface area contributed by atoms with Crippen LogP contribution < -0.4 is 10.6 Å². The largest absolute Gasteiger partial charge is 0.372 e. The Kier molecular flexibility index (Phi) is 8.62. The summed E-state index contributed by atoms with van der Waals surface area (Å²) in [5.74, 6) is 0.0970. The average Bonchev–Trinajstić information content (AvgIpc) is 2.68. The van der Waals surface area contributed by atoms with Crippen molar-refractivity contribution in [2.75, 3.05) is 6.54 Å². The van der Waals surface area contributed by atoms with Crippen molar-refractivity contribution in [1.82, 2.24) is 10.6 Å². The van der Waals surface area contributed by atoms with Crippen molar-refractivity contribution in [3.63, 3.8) is 0 Å². The summed E-state index contributed by atoms with van der Waals surface area (Å²) in [6, 6.07) is 18.2. The van der Waals surface area contributed by atoms with Crippen molar-refractivity contribution in [1.29, 1.82) is 0 Å². The van der Waals surface area contributed by atoms with E-state index in [1.807, 2.05) is 30.3 Å². The lowest BCUT2D eigenvalue weighted by Crippen LogP contribution is -2.46. The number of carbonyl (C=O) groups excluding carboxylic acids is 1. The Morgan fingerprint density at radius 3 is 2.46 bits per heavy atom. The molecule has 0 saturated carbocycles. The summed E-state index contributed by atoms with van der Waals surface area (Å²) in [5, 5.41) is 6.35. The highest BCUT2D eigenvalue weighted by atomic mass is 35.5. The lowest BCUT2D eigenvalue weighted by molar-refractivity contribution is -0.123. The second kappa shape index (κ2) is 11.0. The molecule has 4 nitrogen and oxygen atoms in total. The van der Waals surface area contributed by atoms with Gasteiger partial charge in [0.1, 0.15) is 0 Å². The summed E-state index contributed by atoms with van der Waals surface area (Å²) in [7, 11) is 0. The van der Waals surface area contributed by atoms with Crippen LogP contribution in [-0.2, 0) is 29.3 Å². The first kappa shape index (κ1) is 20.4. The molecule has 5 heteroatoms. The normalized spacial score (nSPS) is 16.5. The molecule has 140 valence electrons. The topological polar surface area (TPSA) is 50.4 Å². The van der Waals surface area contributed by atoms with Crippen molar-refractivity contribution in [2.45, 2.75) is 45.1 Å². The summed E-state index contributed by atoms with van der Waals surface area (Å²) >= 11 is 0. The van der Waals surface area contributed by atoms with Gasteiger partial charge in [-0.3, -0.25) is 4.79 Å². The molecule has 0 bridgehead atoms. The highest BCUT2D eigenvalue weighted by Crippen LogP contribution is 2.12. The number of halogens is 1. The van der Waals surface area contributed by atoms with Crippen LogP contribution in [0.25, 0.3) is 0 Å². The number of amides is 1. The zero-order valence-electron chi connectivity index (χ0n) is 14.9. The minimum absolute atomic E-state index is 0. The van der Waals surface area contributed by atoms with E-state index in [0.717, 1.165) is 42.5 Å². The Hall–Kier alpha value is -1.88. The number of piperidine rings is 1. The second-order valence-corrected chi connectivity index (χ2v) is 6.47. The summed E-state index contributed by atoms with van der Waals surface area (Å²) in [5.41, 5.74) is 3.40. The van der Waals surface area contributed by atoms with Crippen molar-refractivity contribution in [2.24, 2.45) is 0 Å². The molecule has 3 rings (SSSR count). The Morgan fingerprint density at radius 1 is 1.00 bits per heavy atom. The van der Waals surface area contributed by atoms with Crippen LogP contribution >= 0.6 is 12.4 Å². The van der Waals surface area contributed by atoms with E-state index >= 15 is 0 Å². The van der Waals surface area contributed by atoms with E-state index in [1.165, 1.54) is 0 Å². The molecule has 1 fully saturated rings. The first-order chi connectivity index (χ1) is 12.3. The Labute approximate surface area is 161 Å². The fraction of sp³-hybridized carbons (Fsp3) is 0.381. The van der Waals surface area contributed by atoms with E-state index in [9.17, 15) is 4.79 Å². The molecule has 1 unspecified atom stereocenters. The van der Waals surface area contributed by atoms with Crippen molar-refractivity contribution >= 4 is 18.3 Å². The Morgan fingerprint density at radius 2 is 1.73 bits per heavy atom. The molecule has 0 radical (unpaired) electrons. The Balaban J connectivity index is 0.00000243. The van der Waals surface area contributed by atoms with Crippen LogP contribution in [0.2, 0.25) is 0 Å². The molecule has 1 atom stereocenters. The van der Waals surface area contributed by atoms with Crippen LogP contribution in [-0.4, -0.2) is 18.5 Å². The van der Waals surface area contributed by atoms with Crippen molar-refractivity contribution < 1.29 is 9.53 Å². The maximum atomic E-state index is 12.3. The highest BCUT2D eigenvalue weighted by molar-refractivity contribution is 5.85. The SMILES string of the molecule is Cl.O=C(NCc1ccccc1COCc1ccccc1)C1CCCCN1. The summed E-state index contributed by atoms with van der Waals surface area (Å²) in [6.07, 6.45) is 3.20. The number of ether oxygens (including phenoxy) is 1. The molecule has 2 aromatic carbocycles. The van der Waals surface area contributed by atoms with Gasteiger partial charge in [0.05, 0.1) is 19.3 Å². The number of nitrogens with one attached hydrogen (secondary N) is 2. The second-order valence-electron chi connectivity index (χ2n) is 6.47. The zero-order valence-corrected chi connectivity index (χ0v) is 15.8. The predicted octanol–water partition coefficient (Wildman–Crippen LogP) is 3.58. The van der Waals surface area contributed by atoms with E-state index < -0.39 is 0 Å². The molecule has 0 aliphatic carbocycles. The Bertz CT molecular complexity index is 673. The lowest BCUT2D eigenvalue weighted by atomic mass is 10.0. The van der Waals surface area contributed by atoms with Crippen LogP contribution in [0.15, 0.2) is 54.6 Å². The smallest absolute Gasteiger partial charge is 0.237 e. The van der Waals surface area contributed by atoms with Gasteiger partial charge in [0, 0.05) is 6.54 Å². The first-order valence-corrected chi connectivity index (χ1v) is 9.02. The van der Waals surface area contributed by atoms with Gasteiger partial charge in [-0.25, -0.2) is 0 Å². The summed E-state index contributed by atoms with van der Waals surface area (Å²) in [6.45, 7) is 2.61. The summed E-state index contributed by atoms with van der Waals surface area (Å²) in [4.78, 5) is 12.3. The van der Waals surface area contributed by atoms with Gasteiger partial charge in [-0.1, -0.05) is 61.0 Å². The third-order valence-electron chi connectivity index (χ3n) is 4.57. The monoisotopic (exact) mass is 374 g/mol. The number of benzene rings is 2. The van der Waals surface area contributed by atoms with Gasteiger partial charge in [-0.2, -0.15) is 0 Å². The molecule has 1 heterocycles. The fourth-order valence-corrected chi connectivity index (χ4v) is 3.10. The number of rotatable bonds is 7. The quantitative estimate of drug-likeness (QED) is 0.778. The lowest BCUT2D eigenvalue weighted by Gasteiger charge is -2.22. The molecule has 1 saturated heterocycles. The van der Waals surface area contributed by atoms with Crippen LogP contribution in [0.3, 0.4) is 0 Å². The van der Waals surface area contributed by atoms with Crippen LogP contribution in [0.1, 0.15) is 36.0 Å². The van der Waals surface area contributed by atoms with E-state index in [-0.39, 0.29) is 24.4 Å². The summed E-state index contributed by atoms with van der Waals surface area (Å²) < 4.78 is 5.84. The van der Waals surface area contributed by atoms with Gasteiger partial charge in [0.15, 0.2) is 0 Å². The molecule has 1 aliphatic heterocycles. The van der Waals surface area contributed by atoms with Gasteiger partial charge in [0.2, 0.25) is 5.91 Å². The molecule has 1 aliphatic rings. The standard InChI is InChI=1S/C21H26N2O2.ClH/c24-21(20-12-6-7-13-22-20)23-14-18-10-4-5-11-19(18)16-25-15-17-8-2-1-3-9-17;/h1-5,8-11,20,22H,6-7,12-16H2,(H,23,24);1H. The molecule has 26 heavy (non-hydrogen) atoms. The van der Waals surface area contributed by atoms with E-state index in [0.29, 0.717) is 19.8 Å². The van der Waals surface area contributed by atoms with Crippen molar-refractivity contribution in [3.05, 3.63) is 71.3 Å². The van der Waals surface area contributed by atoms with Gasteiger partial charge < -0.3 is 15.4 Å². The van der Waals surface area contributed by atoms with Gasteiger partial charge in [-0.15, -0.1) is 12.4 Å². The maximum absolute atomic E-state index is 12.3. The number of hydrogen-bond acceptors (Lipinski definition) is 3. The van der Waals surface area contributed by atoms with Crippen LogP contribution in [0, 0.1) is 0 Å². The fourth-order valence-electron chi connectivity index (χ4n) is 3.10. The number of carbonyl (C=O) groups is 1. The predicted molar refractivity (Wildman–Crippen MR) is 106 cm³/mol. The molecule has 2 N–H and O–H groups in total. The molecule has 2 aromatic rings. The molecule has 0 aromatic heterocycles.